The minimum atomic E-state index is -1.08. The van der Waals surface area contributed by atoms with E-state index in [9.17, 15) is 14.4 Å². The standard InChI is InChI=1S/C12H17N3O4/c1-2-3-4-8(12(18)19)15-11(17)9-5-7(6-14-9)10(13)16/h5-6,8,14H,2-4H2,1H3,(H2,13,16)(H,15,17)(H,18,19). The lowest BCUT2D eigenvalue weighted by molar-refractivity contribution is -0.139. The number of aliphatic carboxylic acids is 1. The van der Waals surface area contributed by atoms with E-state index in [0.717, 1.165) is 6.42 Å². The lowest BCUT2D eigenvalue weighted by Gasteiger charge is -2.13. The Labute approximate surface area is 110 Å². The molecule has 0 aliphatic heterocycles. The molecular weight excluding hydrogens is 250 g/mol. The van der Waals surface area contributed by atoms with Gasteiger partial charge in [-0.1, -0.05) is 19.8 Å². The first-order valence-electron chi connectivity index (χ1n) is 5.97. The molecule has 0 aromatic carbocycles. The van der Waals surface area contributed by atoms with Gasteiger partial charge in [-0.3, -0.25) is 9.59 Å². The summed E-state index contributed by atoms with van der Waals surface area (Å²) in [4.78, 5) is 36.3. The van der Waals surface area contributed by atoms with Gasteiger partial charge in [-0.05, 0) is 12.5 Å². The van der Waals surface area contributed by atoms with E-state index < -0.39 is 23.8 Å². The van der Waals surface area contributed by atoms with Gasteiger partial charge in [0.15, 0.2) is 0 Å². The molecule has 0 radical (unpaired) electrons. The number of amides is 2. The first-order valence-corrected chi connectivity index (χ1v) is 5.97. The Morgan fingerprint density at radius 2 is 2.16 bits per heavy atom. The van der Waals surface area contributed by atoms with Gasteiger partial charge in [0.05, 0.1) is 5.56 Å². The lowest BCUT2D eigenvalue weighted by atomic mass is 10.1. The van der Waals surface area contributed by atoms with E-state index in [4.69, 9.17) is 10.8 Å². The lowest BCUT2D eigenvalue weighted by Crippen LogP contribution is -2.40. The van der Waals surface area contributed by atoms with E-state index in [1.165, 1.54) is 12.3 Å². The number of carbonyl (C=O) groups excluding carboxylic acids is 2. The third-order valence-electron chi connectivity index (χ3n) is 2.66. The molecule has 19 heavy (non-hydrogen) atoms. The van der Waals surface area contributed by atoms with Crippen molar-refractivity contribution in [3.63, 3.8) is 0 Å². The molecule has 0 saturated carbocycles. The predicted octanol–water partition coefficient (Wildman–Crippen LogP) is 0.487. The Bertz CT molecular complexity index is 481. The van der Waals surface area contributed by atoms with Crippen molar-refractivity contribution in [1.29, 1.82) is 0 Å². The van der Waals surface area contributed by atoms with Crippen LogP contribution >= 0.6 is 0 Å². The molecule has 7 heteroatoms. The summed E-state index contributed by atoms with van der Waals surface area (Å²) in [5, 5.41) is 11.4. The molecular formula is C12H17N3O4. The smallest absolute Gasteiger partial charge is 0.326 e. The maximum Gasteiger partial charge on any atom is 0.326 e. The maximum atomic E-state index is 11.8. The van der Waals surface area contributed by atoms with Crippen molar-refractivity contribution < 1.29 is 19.5 Å². The number of aromatic nitrogens is 1. The number of rotatable bonds is 7. The molecule has 1 atom stereocenters. The van der Waals surface area contributed by atoms with E-state index >= 15 is 0 Å². The summed E-state index contributed by atoms with van der Waals surface area (Å²) in [5.74, 6) is -2.31. The number of primary amides is 1. The van der Waals surface area contributed by atoms with Gasteiger partial charge in [-0.15, -0.1) is 0 Å². The van der Waals surface area contributed by atoms with Crippen LogP contribution in [-0.4, -0.2) is 33.9 Å². The number of H-pyrrole nitrogens is 1. The SMILES string of the molecule is CCCCC(NC(=O)c1cc(C(N)=O)c[nH]1)C(=O)O. The third-order valence-corrected chi connectivity index (χ3v) is 2.66. The van der Waals surface area contributed by atoms with Crippen LogP contribution in [0.2, 0.25) is 0 Å². The van der Waals surface area contributed by atoms with Gasteiger partial charge in [-0.2, -0.15) is 0 Å². The maximum absolute atomic E-state index is 11.8. The number of nitrogens with one attached hydrogen (secondary N) is 2. The second kappa shape index (κ2) is 6.58. The minimum absolute atomic E-state index is 0.108. The monoisotopic (exact) mass is 267 g/mol. The van der Waals surface area contributed by atoms with Gasteiger partial charge in [0.25, 0.3) is 5.91 Å². The van der Waals surface area contributed by atoms with Crippen molar-refractivity contribution in [3.05, 3.63) is 23.5 Å². The Hall–Kier alpha value is -2.31. The summed E-state index contributed by atoms with van der Waals surface area (Å²) in [7, 11) is 0. The fourth-order valence-electron chi connectivity index (χ4n) is 1.57. The quantitative estimate of drug-likeness (QED) is 0.573. The van der Waals surface area contributed by atoms with E-state index in [-0.39, 0.29) is 11.3 Å². The highest BCUT2D eigenvalue weighted by atomic mass is 16.4. The van der Waals surface area contributed by atoms with Gasteiger partial charge in [0.2, 0.25) is 5.91 Å². The first kappa shape index (κ1) is 14.7. The van der Waals surface area contributed by atoms with E-state index in [0.29, 0.717) is 12.8 Å². The molecule has 0 saturated heterocycles. The summed E-state index contributed by atoms with van der Waals surface area (Å²) < 4.78 is 0. The van der Waals surface area contributed by atoms with Crippen LogP contribution < -0.4 is 11.1 Å². The molecule has 1 heterocycles. The molecule has 0 aliphatic rings. The van der Waals surface area contributed by atoms with Crippen LogP contribution in [0.1, 0.15) is 47.0 Å². The van der Waals surface area contributed by atoms with Crippen molar-refractivity contribution in [1.82, 2.24) is 10.3 Å². The zero-order valence-electron chi connectivity index (χ0n) is 10.6. The number of carboxylic acid groups (broad SMARTS) is 1. The Balaban J connectivity index is 2.70. The van der Waals surface area contributed by atoms with Crippen LogP contribution in [0.5, 0.6) is 0 Å². The average molecular weight is 267 g/mol. The van der Waals surface area contributed by atoms with Crippen LogP contribution in [-0.2, 0) is 4.79 Å². The summed E-state index contributed by atoms with van der Waals surface area (Å²) >= 11 is 0. The number of carboxylic acids is 1. The normalized spacial score (nSPS) is 11.8. The van der Waals surface area contributed by atoms with Crippen LogP contribution in [0.15, 0.2) is 12.3 Å². The summed E-state index contributed by atoms with van der Waals surface area (Å²) in [6, 6.07) is 0.351. The van der Waals surface area contributed by atoms with Crippen molar-refractivity contribution in [2.75, 3.05) is 0 Å². The number of nitrogens with two attached hydrogens (primary N) is 1. The van der Waals surface area contributed by atoms with Gasteiger partial charge < -0.3 is 21.1 Å². The van der Waals surface area contributed by atoms with Crippen molar-refractivity contribution in [2.45, 2.75) is 32.2 Å². The molecule has 1 aromatic heterocycles. The van der Waals surface area contributed by atoms with Gasteiger partial charge in [0, 0.05) is 6.20 Å². The van der Waals surface area contributed by atoms with E-state index in [2.05, 4.69) is 10.3 Å². The Morgan fingerprint density at radius 3 is 2.63 bits per heavy atom. The number of hydrogen-bond donors (Lipinski definition) is 4. The Kier molecular flexibility index (Phi) is 5.11. The van der Waals surface area contributed by atoms with Gasteiger partial charge >= 0.3 is 5.97 Å². The molecule has 5 N–H and O–H groups in total. The third kappa shape index (κ3) is 4.13. The highest BCUT2D eigenvalue weighted by Crippen LogP contribution is 2.05. The highest BCUT2D eigenvalue weighted by molar-refractivity contribution is 5.99. The molecule has 0 fully saturated rings. The topological polar surface area (TPSA) is 125 Å². The van der Waals surface area contributed by atoms with Gasteiger partial charge in [0.1, 0.15) is 11.7 Å². The summed E-state index contributed by atoms with van der Waals surface area (Å²) in [5.41, 5.74) is 5.34. The fraction of sp³-hybridized carbons (Fsp3) is 0.417. The molecule has 2 amide bonds. The number of unbranched alkanes of at least 4 members (excludes halogenated alkanes) is 1. The molecule has 1 unspecified atom stereocenters. The molecule has 1 rings (SSSR count). The number of aromatic amines is 1. The largest absolute Gasteiger partial charge is 0.480 e. The van der Waals surface area contributed by atoms with Crippen LogP contribution in [0.3, 0.4) is 0 Å². The second-order valence-electron chi connectivity index (χ2n) is 4.17. The fourth-order valence-corrected chi connectivity index (χ4v) is 1.57. The average Bonchev–Trinajstić information content (AvgIpc) is 2.83. The predicted molar refractivity (Wildman–Crippen MR) is 67.7 cm³/mol. The van der Waals surface area contributed by atoms with Crippen LogP contribution in [0.4, 0.5) is 0 Å². The van der Waals surface area contributed by atoms with Crippen LogP contribution in [0.25, 0.3) is 0 Å². The van der Waals surface area contributed by atoms with Crippen molar-refractivity contribution in [2.24, 2.45) is 5.73 Å². The Morgan fingerprint density at radius 1 is 1.47 bits per heavy atom. The van der Waals surface area contributed by atoms with E-state index in [1.54, 1.807) is 0 Å². The molecule has 0 aliphatic carbocycles. The van der Waals surface area contributed by atoms with Crippen molar-refractivity contribution in [3.8, 4) is 0 Å². The second-order valence-corrected chi connectivity index (χ2v) is 4.17. The number of carbonyl (C=O) groups is 3. The molecule has 7 nitrogen and oxygen atoms in total. The van der Waals surface area contributed by atoms with E-state index in [1.807, 2.05) is 6.92 Å². The van der Waals surface area contributed by atoms with Crippen molar-refractivity contribution >= 4 is 17.8 Å². The highest BCUT2D eigenvalue weighted by Gasteiger charge is 2.21. The van der Waals surface area contributed by atoms with Gasteiger partial charge in [-0.25, -0.2) is 4.79 Å². The molecule has 104 valence electrons. The molecule has 1 aromatic rings. The first-order chi connectivity index (χ1) is 8.95. The minimum Gasteiger partial charge on any atom is -0.480 e. The number of hydrogen-bond acceptors (Lipinski definition) is 3. The molecule has 0 bridgehead atoms. The molecule has 0 spiro atoms. The summed E-state index contributed by atoms with van der Waals surface area (Å²) in [6.07, 6.45) is 3.21. The summed E-state index contributed by atoms with van der Waals surface area (Å²) in [6.45, 7) is 1.94. The zero-order chi connectivity index (χ0) is 14.4. The van der Waals surface area contributed by atoms with Crippen LogP contribution in [0, 0.1) is 0 Å². The zero-order valence-corrected chi connectivity index (χ0v) is 10.6.